The first-order chi connectivity index (χ1) is 5.93. The first-order valence-corrected chi connectivity index (χ1v) is 4.69. The smallest absolute Gasteiger partial charge is 0.0963 e. The Kier molecular flexibility index (Phi) is 4.76. The predicted octanol–water partition coefficient (Wildman–Crippen LogP) is 1.19. The molecule has 0 amide bonds. The van der Waals surface area contributed by atoms with Gasteiger partial charge in [-0.2, -0.15) is 0 Å². The lowest BCUT2D eigenvalue weighted by atomic mass is 10.3. The molecule has 1 aliphatic heterocycles. The minimum Gasteiger partial charge on any atom is -0.385 e. The lowest BCUT2D eigenvalue weighted by molar-refractivity contribution is 0.193. The number of nitrogens with zero attached hydrogens (tertiary/aromatic N) is 1. The summed E-state index contributed by atoms with van der Waals surface area (Å²) in [7, 11) is 1.74. The number of aliphatic imine (C=N–C) groups is 1. The van der Waals surface area contributed by atoms with Crippen molar-refractivity contribution in [1.29, 1.82) is 0 Å². The van der Waals surface area contributed by atoms with Crippen molar-refractivity contribution in [2.24, 2.45) is 4.99 Å². The monoisotopic (exact) mass is 170 g/mol. The van der Waals surface area contributed by atoms with Crippen LogP contribution < -0.4 is 5.32 Å². The van der Waals surface area contributed by atoms with Crippen LogP contribution in [-0.4, -0.2) is 32.6 Å². The molecule has 0 aliphatic carbocycles. The molecule has 0 aromatic heterocycles. The van der Waals surface area contributed by atoms with Crippen LogP contribution in [0.3, 0.4) is 0 Å². The van der Waals surface area contributed by atoms with Gasteiger partial charge in [-0.15, -0.1) is 0 Å². The van der Waals surface area contributed by atoms with E-state index in [-0.39, 0.29) is 0 Å². The predicted molar refractivity (Wildman–Crippen MR) is 50.6 cm³/mol. The molecule has 3 heteroatoms. The van der Waals surface area contributed by atoms with Crippen molar-refractivity contribution in [3.05, 3.63) is 0 Å². The number of hydrogen-bond acceptors (Lipinski definition) is 3. The van der Waals surface area contributed by atoms with Crippen LogP contribution >= 0.6 is 0 Å². The lowest BCUT2D eigenvalue weighted by Gasteiger charge is -2.04. The molecular formula is C9H18N2O. The summed E-state index contributed by atoms with van der Waals surface area (Å²) in [6.07, 6.45) is 4.67. The van der Waals surface area contributed by atoms with Gasteiger partial charge in [0, 0.05) is 33.2 Å². The minimum absolute atomic E-state index is 0.869. The fourth-order valence-electron chi connectivity index (χ4n) is 1.29. The molecule has 0 radical (unpaired) electrons. The normalized spacial score (nSPS) is 16.2. The molecule has 0 atom stereocenters. The third kappa shape index (κ3) is 3.72. The van der Waals surface area contributed by atoms with Crippen LogP contribution in [0.2, 0.25) is 0 Å². The number of ether oxygens (including phenoxy) is 1. The van der Waals surface area contributed by atoms with Gasteiger partial charge in [-0.1, -0.05) is 0 Å². The Balaban J connectivity index is 1.88. The quantitative estimate of drug-likeness (QED) is 0.629. The van der Waals surface area contributed by atoms with Crippen LogP contribution in [0.4, 0.5) is 0 Å². The van der Waals surface area contributed by atoms with Gasteiger partial charge in [0.05, 0.1) is 5.84 Å². The number of nitrogens with one attached hydrogen (secondary N) is 1. The number of hydrogen-bond donors (Lipinski definition) is 1. The van der Waals surface area contributed by atoms with E-state index in [9.17, 15) is 0 Å². The molecule has 0 saturated heterocycles. The van der Waals surface area contributed by atoms with Gasteiger partial charge in [-0.05, 0) is 19.3 Å². The third-order valence-electron chi connectivity index (χ3n) is 1.98. The Bertz CT molecular complexity index is 145. The standard InChI is InChI=1S/C9H18N2O/c1-12-8-3-2-6-10-9-5-4-7-11-9/h2-8H2,1H3,(H,10,11). The maximum absolute atomic E-state index is 4.96. The second-order valence-corrected chi connectivity index (χ2v) is 3.06. The molecule has 70 valence electrons. The van der Waals surface area contributed by atoms with Crippen LogP contribution in [0.1, 0.15) is 25.7 Å². The van der Waals surface area contributed by atoms with E-state index in [1.54, 1.807) is 7.11 Å². The average Bonchev–Trinajstić information content (AvgIpc) is 2.57. The van der Waals surface area contributed by atoms with Crippen molar-refractivity contribution < 1.29 is 4.74 Å². The molecule has 1 heterocycles. The van der Waals surface area contributed by atoms with Crippen molar-refractivity contribution in [1.82, 2.24) is 5.32 Å². The highest BCUT2D eigenvalue weighted by atomic mass is 16.5. The Morgan fingerprint density at radius 2 is 2.42 bits per heavy atom. The van der Waals surface area contributed by atoms with E-state index >= 15 is 0 Å². The number of methoxy groups -OCH3 is 1. The van der Waals surface area contributed by atoms with E-state index < -0.39 is 0 Å². The van der Waals surface area contributed by atoms with Crippen LogP contribution in [0.5, 0.6) is 0 Å². The highest BCUT2D eigenvalue weighted by Gasteiger charge is 2.03. The molecule has 0 aromatic rings. The van der Waals surface area contributed by atoms with Gasteiger partial charge >= 0.3 is 0 Å². The fourth-order valence-corrected chi connectivity index (χ4v) is 1.29. The van der Waals surface area contributed by atoms with Crippen molar-refractivity contribution in [3.63, 3.8) is 0 Å². The summed E-state index contributed by atoms with van der Waals surface area (Å²) in [5.41, 5.74) is 0. The average molecular weight is 170 g/mol. The summed E-state index contributed by atoms with van der Waals surface area (Å²) >= 11 is 0. The van der Waals surface area contributed by atoms with Gasteiger partial charge in [0.15, 0.2) is 0 Å². The van der Waals surface area contributed by atoms with Gasteiger partial charge in [0.2, 0.25) is 0 Å². The molecule has 3 nitrogen and oxygen atoms in total. The SMILES string of the molecule is COCCCCNC1=NCCC1. The zero-order valence-electron chi connectivity index (χ0n) is 7.81. The highest BCUT2D eigenvalue weighted by Crippen LogP contribution is 2.00. The van der Waals surface area contributed by atoms with E-state index in [4.69, 9.17) is 4.74 Å². The maximum atomic E-state index is 4.96. The second-order valence-electron chi connectivity index (χ2n) is 3.06. The molecule has 0 aromatic carbocycles. The molecule has 0 fully saturated rings. The molecule has 0 unspecified atom stereocenters. The molecule has 0 bridgehead atoms. The molecule has 1 rings (SSSR count). The third-order valence-corrected chi connectivity index (χ3v) is 1.98. The summed E-state index contributed by atoms with van der Waals surface area (Å²) in [6, 6.07) is 0. The zero-order chi connectivity index (χ0) is 8.65. The van der Waals surface area contributed by atoms with Crippen molar-refractivity contribution in [2.75, 3.05) is 26.8 Å². The van der Waals surface area contributed by atoms with Crippen molar-refractivity contribution >= 4 is 5.84 Å². The van der Waals surface area contributed by atoms with E-state index in [1.807, 2.05) is 0 Å². The fraction of sp³-hybridized carbons (Fsp3) is 0.889. The van der Waals surface area contributed by atoms with Crippen molar-refractivity contribution in [2.45, 2.75) is 25.7 Å². The molecule has 12 heavy (non-hydrogen) atoms. The topological polar surface area (TPSA) is 33.6 Å². The number of amidine groups is 1. The highest BCUT2D eigenvalue weighted by molar-refractivity contribution is 5.83. The first kappa shape index (κ1) is 9.52. The van der Waals surface area contributed by atoms with Gasteiger partial charge in [0.25, 0.3) is 0 Å². The Morgan fingerprint density at radius 3 is 3.08 bits per heavy atom. The van der Waals surface area contributed by atoms with Crippen LogP contribution in [0.25, 0.3) is 0 Å². The Hall–Kier alpha value is -0.570. The van der Waals surface area contributed by atoms with Crippen molar-refractivity contribution in [3.8, 4) is 0 Å². The van der Waals surface area contributed by atoms with Crippen LogP contribution in [0, 0.1) is 0 Å². The van der Waals surface area contributed by atoms with Crippen LogP contribution in [-0.2, 0) is 4.74 Å². The molecule has 1 aliphatic rings. The Morgan fingerprint density at radius 1 is 1.50 bits per heavy atom. The minimum atomic E-state index is 0.869. The molecule has 0 spiro atoms. The molecular weight excluding hydrogens is 152 g/mol. The maximum Gasteiger partial charge on any atom is 0.0963 e. The van der Waals surface area contributed by atoms with E-state index in [1.165, 1.54) is 18.7 Å². The van der Waals surface area contributed by atoms with Gasteiger partial charge < -0.3 is 10.1 Å². The summed E-state index contributed by atoms with van der Waals surface area (Å²) in [4.78, 5) is 4.33. The second kappa shape index (κ2) is 6.00. The number of unbranched alkanes of at least 4 members (excludes halogenated alkanes) is 1. The van der Waals surface area contributed by atoms with Crippen LogP contribution in [0.15, 0.2) is 4.99 Å². The van der Waals surface area contributed by atoms with E-state index in [0.717, 1.165) is 32.5 Å². The summed E-state index contributed by atoms with van der Waals surface area (Å²) < 4.78 is 4.96. The van der Waals surface area contributed by atoms with Gasteiger partial charge in [-0.3, -0.25) is 4.99 Å². The van der Waals surface area contributed by atoms with Gasteiger partial charge in [0.1, 0.15) is 0 Å². The Labute approximate surface area is 74.2 Å². The molecule has 0 saturated carbocycles. The van der Waals surface area contributed by atoms with Gasteiger partial charge in [-0.25, -0.2) is 0 Å². The number of rotatable bonds is 5. The zero-order valence-corrected chi connectivity index (χ0v) is 7.81. The largest absolute Gasteiger partial charge is 0.385 e. The van der Waals surface area contributed by atoms with E-state index in [2.05, 4.69) is 10.3 Å². The first-order valence-electron chi connectivity index (χ1n) is 4.69. The summed E-state index contributed by atoms with van der Waals surface area (Å²) in [5, 5.41) is 3.33. The lowest BCUT2D eigenvalue weighted by Crippen LogP contribution is -2.22. The molecule has 1 N–H and O–H groups in total. The van der Waals surface area contributed by atoms with E-state index in [0.29, 0.717) is 0 Å². The summed E-state index contributed by atoms with van der Waals surface area (Å²) in [6.45, 7) is 2.93. The summed E-state index contributed by atoms with van der Waals surface area (Å²) in [5.74, 6) is 1.20.